The number of benzene rings is 2. The van der Waals surface area contributed by atoms with Crippen LogP contribution in [-0.2, 0) is 4.79 Å². The molecule has 9 heteroatoms. The third-order valence-electron chi connectivity index (χ3n) is 5.04. The van der Waals surface area contributed by atoms with E-state index in [1.54, 1.807) is 34.1 Å². The lowest BCUT2D eigenvalue weighted by Gasteiger charge is -2.35. The van der Waals surface area contributed by atoms with Gasteiger partial charge < -0.3 is 15.1 Å². The van der Waals surface area contributed by atoms with Gasteiger partial charge in [-0.15, -0.1) is 0 Å². The van der Waals surface area contributed by atoms with Crippen LogP contribution in [-0.4, -0.2) is 60.2 Å². The molecule has 1 saturated heterocycles. The molecule has 0 aliphatic carbocycles. The van der Waals surface area contributed by atoms with Crippen LogP contribution in [0.3, 0.4) is 0 Å². The third-order valence-corrected chi connectivity index (χ3v) is 5.61. The Morgan fingerprint density at radius 3 is 2.23 bits per heavy atom. The lowest BCUT2D eigenvalue weighted by molar-refractivity contribution is -0.132. The van der Waals surface area contributed by atoms with Crippen molar-refractivity contribution in [1.82, 2.24) is 15.1 Å². The van der Waals surface area contributed by atoms with Gasteiger partial charge in [0.2, 0.25) is 5.91 Å². The van der Waals surface area contributed by atoms with Gasteiger partial charge in [-0.1, -0.05) is 23.2 Å². The zero-order chi connectivity index (χ0) is 22.4. The van der Waals surface area contributed by atoms with E-state index in [1.165, 1.54) is 12.1 Å². The van der Waals surface area contributed by atoms with Gasteiger partial charge in [0.1, 0.15) is 5.82 Å². The fourth-order valence-corrected chi connectivity index (χ4v) is 3.67. The Hall–Kier alpha value is -2.64. The topological polar surface area (TPSA) is 69.7 Å². The van der Waals surface area contributed by atoms with Crippen LogP contribution in [0.2, 0.25) is 10.0 Å². The number of carbonyl (C=O) groups excluding carboxylic acids is 3. The van der Waals surface area contributed by atoms with Crippen LogP contribution in [0.25, 0.3) is 0 Å². The van der Waals surface area contributed by atoms with Gasteiger partial charge in [0.05, 0.1) is 10.6 Å². The predicted molar refractivity (Wildman–Crippen MR) is 117 cm³/mol. The largest absolute Gasteiger partial charge is 0.352 e. The van der Waals surface area contributed by atoms with Crippen molar-refractivity contribution in [3.63, 3.8) is 0 Å². The Labute approximate surface area is 189 Å². The highest BCUT2D eigenvalue weighted by molar-refractivity contribution is 6.33. The highest BCUT2D eigenvalue weighted by atomic mass is 35.5. The molecule has 0 bridgehead atoms. The summed E-state index contributed by atoms with van der Waals surface area (Å²) in [5, 5.41) is 3.41. The maximum absolute atomic E-state index is 13.2. The molecule has 1 N–H and O–H groups in total. The molecule has 0 saturated carbocycles. The molecule has 1 aliphatic rings. The summed E-state index contributed by atoms with van der Waals surface area (Å²) < 4.78 is 13.2. The van der Waals surface area contributed by atoms with Crippen LogP contribution in [0.5, 0.6) is 0 Å². The van der Waals surface area contributed by atoms with Crippen LogP contribution >= 0.6 is 23.2 Å². The van der Waals surface area contributed by atoms with E-state index in [0.717, 1.165) is 6.07 Å². The molecule has 1 fully saturated rings. The van der Waals surface area contributed by atoms with E-state index >= 15 is 0 Å². The van der Waals surface area contributed by atoms with Gasteiger partial charge in [0.15, 0.2) is 0 Å². The van der Waals surface area contributed by atoms with Crippen molar-refractivity contribution in [2.24, 2.45) is 0 Å². The molecule has 1 heterocycles. The van der Waals surface area contributed by atoms with Crippen molar-refractivity contribution >= 4 is 40.9 Å². The number of nitrogens with one attached hydrogen (secondary N) is 1. The number of hydrogen-bond acceptors (Lipinski definition) is 3. The summed E-state index contributed by atoms with van der Waals surface area (Å²) in [7, 11) is 0. The minimum absolute atomic E-state index is 0.0207. The monoisotopic (exact) mass is 465 g/mol. The van der Waals surface area contributed by atoms with E-state index in [-0.39, 0.29) is 28.3 Å². The number of rotatable bonds is 6. The van der Waals surface area contributed by atoms with E-state index in [9.17, 15) is 18.8 Å². The zero-order valence-corrected chi connectivity index (χ0v) is 18.3. The first-order valence-corrected chi connectivity index (χ1v) is 10.7. The van der Waals surface area contributed by atoms with E-state index in [0.29, 0.717) is 56.2 Å². The molecular formula is C22H22Cl2FN3O3. The van der Waals surface area contributed by atoms with Crippen LogP contribution in [0, 0.1) is 5.82 Å². The van der Waals surface area contributed by atoms with Crippen molar-refractivity contribution in [2.45, 2.75) is 12.8 Å². The van der Waals surface area contributed by atoms with E-state index in [2.05, 4.69) is 5.32 Å². The lowest BCUT2D eigenvalue weighted by Crippen LogP contribution is -2.50. The highest BCUT2D eigenvalue weighted by Crippen LogP contribution is 2.20. The van der Waals surface area contributed by atoms with E-state index in [1.807, 2.05) is 0 Å². The predicted octanol–water partition coefficient (Wildman–Crippen LogP) is 3.63. The van der Waals surface area contributed by atoms with Crippen LogP contribution in [0.1, 0.15) is 33.6 Å². The lowest BCUT2D eigenvalue weighted by atomic mass is 10.1. The molecular weight excluding hydrogens is 444 g/mol. The van der Waals surface area contributed by atoms with Gasteiger partial charge in [0.25, 0.3) is 11.8 Å². The Morgan fingerprint density at radius 1 is 0.935 bits per heavy atom. The molecule has 0 radical (unpaired) electrons. The average molecular weight is 466 g/mol. The second-order valence-electron chi connectivity index (χ2n) is 7.16. The van der Waals surface area contributed by atoms with Gasteiger partial charge in [-0.25, -0.2) is 4.39 Å². The Kier molecular flexibility index (Phi) is 7.87. The summed E-state index contributed by atoms with van der Waals surface area (Å²) in [6.07, 6.45) is 0.821. The first-order chi connectivity index (χ1) is 14.8. The second kappa shape index (κ2) is 10.6. The number of piperazine rings is 1. The summed E-state index contributed by atoms with van der Waals surface area (Å²) in [6.45, 7) is 1.98. The van der Waals surface area contributed by atoms with Gasteiger partial charge in [-0.2, -0.15) is 0 Å². The molecule has 31 heavy (non-hydrogen) atoms. The summed E-state index contributed by atoms with van der Waals surface area (Å²) in [4.78, 5) is 40.4. The maximum atomic E-state index is 13.2. The molecule has 0 atom stereocenters. The summed E-state index contributed by atoms with van der Waals surface area (Å²) in [6, 6.07) is 10.3. The van der Waals surface area contributed by atoms with Crippen molar-refractivity contribution in [2.75, 3.05) is 32.7 Å². The highest BCUT2D eigenvalue weighted by Gasteiger charge is 2.25. The number of nitrogens with zero attached hydrogens (tertiary/aromatic N) is 2. The maximum Gasteiger partial charge on any atom is 0.255 e. The smallest absolute Gasteiger partial charge is 0.255 e. The standard InChI is InChI=1S/C22H22Cl2FN3O3/c23-16-5-3-15(4-6-16)21(30)26-9-1-2-20(29)27-10-12-28(13-11-27)22(31)18-8-7-17(25)14-19(18)24/h3-8,14H,1-2,9-13H2,(H,26,30). The number of halogens is 3. The zero-order valence-electron chi connectivity index (χ0n) is 16.7. The van der Waals surface area contributed by atoms with Crippen LogP contribution in [0.4, 0.5) is 4.39 Å². The van der Waals surface area contributed by atoms with Crippen molar-refractivity contribution in [3.05, 3.63) is 69.5 Å². The summed E-state index contributed by atoms with van der Waals surface area (Å²) in [5.74, 6) is -1.01. The second-order valence-corrected chi connectivity index (χ2v) is 8.01. The van der Waals surface area contributed by atoms with Crippen LogP contribution < -0.4 is 5.32 Å². The van der Waals surface area contributed by atoms with Gasteiger partial charge in [0, 0.05) is 49.7 Å². The van der Waals surface area contributed by atoms with Gasteiger partial charge in [-0.05, 0) is 48.9 Å². The van der Waals surface area contributed by atoms with Crippen molar-refractivity contribution in [3.8, 4) is 0 Å². The Balaban J connectivity index is 1.39. The normalized spacial score (nSPS) is 13.8. The minimum atomic E-state index is -0.499. The fourth-order valence-electron chi connectivity index (χ4n) is 3.30. The number of hydrogen-bond donors (Lipinski definition) is 1. The van der Waals surface area contributed by atoms with E-state index < -0.39 is 5.82 Å². The first-order valence-electron chi connectivity index (χ1n) is 9.91. The van der Waals surface area contributed by atoms with Gasteiger partial charge >= 0.3 is 0 Å². The molecule has 1 aliphatic heterocycles. The molecule has 2 aromatic carbocycles. The van der Waals surface area contributed by atoms with Crippen molar-refractivity contribution < 1.29 is 18.8 Å². The quantitative estimate of drug-likeness (QED) is 0.662. The molecule has 0 aromatic heterocycles. The number of carbonyl (C=O) groups is 3. The Morgan fingerprint density at radius 2 is 1.58 bits per heavy atom. The Bertz CT molecular complexity index is 961. The van der Waals surface area contributed by atoms with Crippen LogP contribution in [0.15, 0.2) is 42.5 Å². The fraction of sp³-hybridized carbons (Fsp3) is 0.318. The molecule has 0 spiro atoms. The molecule has 3 rings (SSSR count). The first kappa shape index (κ1) is 23.0. The minimum Gasteiger partial charge on any atom is -0.352 e. The molecule has 3 amide bonds. The molecule has 6 nitrogen and oxygen atoms in total. The average Bonchev–Trinajstić information content (AvgIpc) is 2.76. The molecule has 2 aromatic rings. The molecule has 0 unspecified atom stereocenters. The molecule has 164 valence electrons. The van der Waals surface area contributed by atoms with E-state index in [4.69, 9.17) is 23.2 Å². The number of amides is 3. The summed E-state index contributed by atoms with van der Waals surface area (Å²) in [5.41, 5.74) is 0.761. The van der Waals surface area contributed by atoms with Crippen molar-refractivity contribution in [1.29, 1.82) is 0 Å². The SMILES string of the molecule is O=C(NCCCC(=O)N1CCN(C(=O)c2ccc(F)cc2Cl)CC1)c1ccc(Cl)cc1. The summed E-state index contributed by atoms with van der Waals surface area (Å²) >= 11 is 11.8. The third kappa shape index (κ3) is 6.18. The van der Waals surface area contributed by atoms with Gasteiger partial charge in [-0.3, -0.25) is 14.4 Å².